The number of nitrogens with two attached hydrogens (primary N) is 1. The van der Waals surface area contributed by atoms with Gasteiger partial charge < -0.3 is 10.8 Å². The average molecular weight is 263 g/mol. The summed E-state index contributed by atoms with van der Waals surface area (Å²) in [5.41, 5.74) is 6.42. The number of phenolic OH excluding ortho intramolecular Hbond substituents is 1. The normalized spacial score (nSPS) is 13.0. The van der Waals surface area contributed by atoms with E-state index in [2.05, 4.69) is 22.6 Å². The van der Waals surface area contributed by atoms with Crippen LogP contribution in [-0.4, -0.2) is 5.11 Å². The van der Waals surface area contributed by atoms with Crippen molar-refractivity contribution >= 4 is 22.6 Å². The lowest BCUT2D eigenvalue weighted by Gasteiger charge is -2.07. The summed E-state index contributed by atoms with van der Waals surface area (Å²) in [7, 11) is 0. The third-order valence-electron chi connectivity index (χ3n) is 1.48. The van der Waals surface area contributed by atoms with E-state index < -0.39 is 0 Å². The molecular weight excluding hydrogens is 253 g/mol. The van der Waals surface area contributed by atoms with Gasteiger partial charge in [0.2, 0.25) is 0 Å². The molecule has 0 aliphatic rings. The Kier molecular flexibility index (Phi) is 2.72. The Morgan fingerprint density at radius 3 is 2.64 bits per heavy atom. The summed E-state index contributed by atoms with van der Waals surface area (Å²) < 4.78 is 1.09. The number of hydrogen-bond acceptors (Lipinski definition) is 2. The Labute approximate surface area is 79.6 Å². The number of benzene rings is 1. The quantitative estimate of drug-likeness (QED) is 0.761. The van der Waals surface area contributed by atoms with Crippen molar-refractivity contribution in [2.24, 2.45) is 5.73 Å². The first kappa shape index (κ1) is 8.80. The van der Waals surface area contributed by atoms with Crippen molar-refractivity contribution in [3.05, 3.63) is 27.3 Å². The number of rotatable bonds is 1. The van der Waals surface area contributed by atoms with E-state index in [0.717, 1.165) is 9.13 Å². The Hall–Kier alpha value is -0.290. The molecule has 0 radical (unpaired) electrons. The van der Waals surface area contributed by atoms with Gasteiger partial charge in [-0.05, 0) is 47.7 Å². The van der Waals surface area contributed by atoms with Crippen LogP contribution in [0.15, 0.2) is 18.2 Å². The highest BCUT2D eigenvalue weighted by Crippen LogP contribution is 2.23. The lowest BCUT2D eigenvalue weighted by Crippen LogP contribution is -2.05. The third kappa shape index (κ3) is 2.07. The molecule has 0 fully saturated rings. The van der Waals surface area contributed by atoms with E-state index in [9.17, 15) is 5.11 Å². The van der Waals surface area contributed by atoms with Crippen LogP contribution in [0.5, 0.6) is 5.75 Å². The first-order valence-electron chi connectivity index (χ1n) is 3.35. The van der Waals surface area contributed by atoms with E-state index in [0.29, 0.717) is 0 Å². The second kappa shape index (κ2) is 3.40. The van der Waals surface area contributed by atoms with Gasteiger partial charge in [0.15, 0.2) is 0 Å². The van der Waals surface area contributed by atoms with E-state index >= 15 is 0 Å². The van der Waals surface area contributed by atoms with Gasteiger partial charge in [0.25, 0.3) is 0 Å². The molecule has 2 nitrogen and oxygen atoms in total. The molecule has 0 amide bonds. The minimum Gasteiger partial charge on any atom is -0.508 e. The summed E-state index contributed by atoms with van der Waals surface area (Å²) >= 11 is 2.19. The van der Waals surface area contributed by atoms with Crippen LogP contribution >= 0.6 is 22.6 Å². The Morgan fingerprint density at radius 1 is 1.55 bits per heavy atom. The molecular formula is C8H10INO. The Morgan fingerprint density at radius 2 is 2.18 bits per heavy atom. The molecule has 0 spiro atoms. The van der Waals surface area contributed by atoms with Gasteiger partial charge in [-0.15, -0.1) is 0 Å². The molecule has 0 saturated carbocycles. The molecule has 0 unspecified atom stereocenters. The molecule has 0 aromatic heterocycles. The van der Waals surface area contributed by atoms with Gasteiger partial charge in [-0.3, -0.25) is 0 Å². The second-order valence-corrected chi connectivity index (χ2v) is 3.74. The van der Waals surface area contributed by atoms with Crippen molar-refractivity contribution in [2.45, 2.75) is 13.0 Å². The van der Waals surface area contributed by atoms with Crippen LogP contribution in [0.1, 0.15) is 18.5 Å². The van der Waals surface area contributed by atoms with Gasteiger partial charge in [0.1, 0.15) is 5.75 Å². The summed E-state index contributed by atoms with van der Waals surface area (Å²) in [6.45, 7) is 1.85. The molecule has 11 heavy (non-hydrogen) atoms. The van der Waals surface area contributed by atoms with E-state index in [-0.39, 0.29) is 11.8 Å². The van der Waals surface area contributed by atoms with Crippen LogP contribution < -0.4 is 5.73 Å². The molecule has 0 heterocycles. The highest BCUT2D eigenvalue weighted by atomic mass is 127. The summed E-state index contributed by atoms with van der Waals surface area (Å²) in [5, 5.41) is 9.32. The summed E-state index contributed by atoms with van der Waals surface area (Å²) in [6, 6.07) is 5.30. The fourth-order valence-corrected chi connectivity index (χ4v) is 1.41. The molecule has 0 aliphatic heterocycles. The highest BCUT2D eigenvalue weighted by Gasteiger charge is 2.05. The zero-order chi connectivity index (χ0) is 8.43. The Balaban J connectivity index is 3.13. The number of hydrogen-bond donors (Lipinski definition) is 2. The minimum atomic E-state index is -0.107. The molecule has 1 rings (SSSR count). The van der Waals surface area contributed by atoms with Crippen molar-refractivity contribution in [3.8, 4) is 5.75 Å². The van der Waals surface area contributed by atoms with Crippen LogP contribution in [0, 0.1) is 3.57 Å². The molecule has 1 atom stereocenters. The molecule has 0 bridgehead atoms. The minimum absolute atomic E-state index is 0.107. The Bertz CT molecular complexity index is 260. The zero-order valence-electron chi connectivity index (χ0n) is 6.21. The fraction of sp³-hybridized carbons (Fsp3) is 0.250. The van der Waals surface area contributed by atoms with Gasteiger partial charge in [-0.2, -0.15) is 0 Å². The molecule has 0 saturated heterocycles. The maximum Gasteiger partial charge on any atom is 0.120 e. The molecule has 1 aromatic rings. The van der Waals surface area contributed by atoms with Crippen molar-refractivity contribution in [2.75, 3.05) is 0 Å². The summed E-state index contributed by atoms with van der Waals surface area (Å²) in [4.78, 5) is 0. The van der Waals surface area contributed by atoms with Gasteiger partial charge >= 0.3 is 0 Å². The van der Waals surface area contributed by atoms with E-state index in [1.165, 1.54) is 0 Å². The molecule has 3 N–H and O–H groups in total. The topological polar surface area (TPSA) is 46.2 Å². The number of halogens is 1. The fourth-order valence-electron chi connectivity index (χ4n) is 0.890. The van der Waals surface area contributed by atoms with Crippen molar-refractivity contribution in [1.29, 1.82) is 0 Å². The summed E-state index contributed by atoms with van der Waals surface area (Å²) in [6.07, 6.45) is 0. The van der Waals surface area contributed by atoms with Crippen LogP contribution in [0.4, 0.5) is 0 Å². The first-order chi connectivity index (χ1) is 5.11. The van der Waals surface area contributed by atoms with Gasteiger partial charge in [0, 0.05) is 15.2 Å². The van der Waals surface area contributed by atoms with Gasteiger partial charge in [-0.1, -0.05) is 0 Å². The largest absolute Gasteiger partial charge is 0.508 e. The van der Waals surface area contributed by atoms with E-state index in [1.807, 2.05) is 19.1 Å². The highest BCUT2D eigenvalue weighted by molar-refractivity contribution is 14.1. The maximum absolute atomic E-state index is 9.32. The van der Waals surface area contributed by atoms with E-state index in [1.54, 1.807) is 6.07 Å². The number of aromatic hydroxyl groups is 1. The summed E-state index contributed by atoms with van der Waals surface area (Å²) in [5.74, 6) is 0.278. The molecule has 60 valence electrons. The third-order valence-corrected chi connectivity index (χ3v) is 2.15. The first-order valence-corrected chi connectivity index (χ1v) is 4.43. The lowest BCUT2D eigenvalue weighted by atomic mass is 10.1. The maximum atomic E-state index is 9.32. The standard InChI is InChI=1S/C8H10INO/c1-5(10)7-4-6(9)2-3-8(7)11/h2-5,11H,10H2,1H3/t5-/m1/s1. The van der Waals surface area contributed by atoms with Crippen molar-refractivity contribution < 1.29 is 5.11 Å². The van der Waals surface area contributed by atoms with Gasteiger partial charge in [0.05, 0.1) is 0 Å². The van der Waals surface area contributed by atoms with Gasteiger partial charge in [-0.25, -0.2) is 0 Å². The molecule has 0 aliphatic carbocycles. The monoisotopic (exact) mass is 263 g/mol. The van der Waals surface area contributed by atoms with Crippen molar-refractivity contribution in [3.63, 3.8) is 0 Å². The van der Waals surface area contributed by atoms with Crippen LogP contribution in [0.3, 0.4) is 0 Å². The molecule has 3 heteroatoms. The molecule has 1 aromatic carbocycles. The predicted octanol–water partition coefficient (Wildman–Crippen LogP) is 2.02. The SMILES string of the molecule is C[C@@H](N)c1cc(I)ccc1O. The lowest BCUT2D eigenvalue weighted by molar-refractivity contribution is 0.463. The smallest absolute Gasteiger partial charge is 0.120 e. The predicted molar refractivity (Wildman–Crippen MR) is 53.4 cm³/mol. The van der Waals surface area contributed by atoms with Crippen LogP contribution in [-0.2, 0) is 0 Å². The second-order valence-electron chi connectivity index (χ2n) is 2.49. The van der Waals surface area contributed by atoms with Crippen LogP contribution in [0.25, 0.3) is 0 Å². The average Bonchev–Trinajstić information content (AvgIpc) is 1.94. The number of phenols is 1. The zero-order valence-corrected chi connectivity index (χ0v) is 8.37. The van der Waals surface area contributed by atoms with Crippen LogP contribution in [0.2, 0.25) is 0 Å². The van der Waals surface area contributed by atoms with E-state index in [4.69, 9.17) is 5.73 Å². The van der Waals surface area contributed by atoms with Crippen molar-refractivity contribution in [1.82, 2.24) is 0 Å².